The maximum Gasteiger partial charge on any atom is 0.307 e. The summed E-state index contributed by atoms with van der Waals surface area (Å²) in [5.74, 6) is -1.26. The van der Waals surface area contributed by atoms with E-state index >= 15 is 0 Å². The molecule has 0 fully saturated rings. The van der Waals surface area contributed by atoms with Crippen molar-refractivity contribution in [2.45, 2.75) is 32.3 Å². The Bertz CT molecular complexity index is 245. The smallest absolute Gasteiger partial charge is 0.307 e. The second-order valence-electron chi connectivity index (χ2n) is 4.93. The third-order valence-corrected chi connectivity index (χ3v) is 1.91. The molecule has 0 saturated heterocycles. The minimum atomic E-state index is -0.942. The normalized spacial score (nSPS) is 13.2. The van der Waals surface area contributed by atoms with E-state index in [0.717, 1.165) is 0 Å². The summed E-state index contributed by atoms with van der Waals surface area (Å²) in [5, 5.41) is 8.73. The molecule has 16 heavy (non-hydrogen) atoms. The number of quaternary nitrogens is 1. The van der Waals surface area contributed by atoms with E-state index in [0.29, 0.717) is 23.9 Å². The van der Waals surface area contributed by atoms with Crippen molar-refractivity contribution in [1.29, 1.82) is 0 Å². The number of nitrogens with zero attached hydrogens (tertiary/aromatic N) is 1. The van der Waals surface area contributed by atoms with Gasteiger partial charge in [-0.05, 0) is 6.42 Å². The van der Waals surface area contributed by atoms with Crippen LogP contribution in [0.1, 0.15) is 26.2 Å². The fraction of sp³-hybridized carbons (Fsp3) is 0.818. The summed E-state index contributed by atoms with van der Waals surface area (Å²) in [7, 11) is 5.80. The first-order chi connectivity index (χ1) is 7.24. The summed E-state index contributed by atoms with van der Waals surface area (Å²) in [6.45, 7) is 2.38. The Labute approximate surface area is 96.6 Å². The van der Waals surface area contributed by atoms with Crippen LogP contribution in [0.15, 0.2) is 0 Å². The molecule has 5 heteroatoms. The molecule has 0 spiro atoms. The SMILES string of the molecule is CCCC(=O)OC(CC(=O)O)C[N+](C)(C)C. The van der Waals surface area contributed by atoms with Gasteiger partial charge in [-0.25, -0.2) is 0 Å². The number of likely N-dealkylation sites (N-methyl/N-ethyl adjacent to an activating group) is 1. The van der Waals surface area contributed by atoms with Crippen molar-refractivity contribution >= 4 is 11.9 Å². The first-order valence-electron chi connectivity index (χ1n) is 5.46. The summed E-state index contributed by atoms with van der Waals surface area (Å²) >= 11 is 0. The molecule has 0 aliphatic rings. The highest BCUT2D eigenvalue weighted by atomic mass is 16.5. The zero-order valence-electron chi connectivity index (χ0n) is 10.5. The van der Waals surface area contributed by atoms with Crippen LogP contribution in [0.3, 0.4) is 0 Å². The van der Waals surface area contributed by atoms with Gasteiger partial charge in [-0.1, -0.05) is 6.92 Å². The van der Waals surface area contributed by atoms with Gasteiger partial charge < -0.3 is 14.3 Å². The number of esters is 1. The van der Waals surface area contributed by atoms with Crippen molar-refractivity contribution in [1.82, 2.24) is 0 Å². The van der Waals surface area contributed by atoms with E-state index in [1.54, 1.807) is 0 Å². The van der Waals surface area contributed by atoms with E-state index in [-0.39, 0.29) is 12.4 Å². The molecule has 0 radical (unpaired) electrons. The number of carboxylic acid groups (broad SMARTS) is 1. The van der Waals surface area contributed by atoms with Gasteiger partial charge in [-0.2, -0.15) is 0 Å². The molecule has 1 atom stereocenters. The van der Waals surface area contributed by atoms with Gasteiger partial charge >= 0.3 is 11.9 Å². The minimum absolute atomic E-state index is 0.134. The van der Waals surface area contributed by atoms with Crippen molar-refractivity contribution < 1.29 is 23.9 Å². The van der Waals surface area contributed by atoms with Gasteiger partial charge in [0, 0.05) is 6.42 Å². The summed E-state index contributed by atoms with van der Waals surface area (Å²) in [4.78, 5) is 21.9. The number of hydrogen-bond acceptors (Lipinski definition) is 3. The van der Waals surface area contributed by atoms with Gasteiger partial charge in [0.05, 0.1) is 27.6 Å². The van der Waals surface area contributed by atoms with Crippen molar-refractivity contribution in [3.8, 4) is 0 Å². The van der Waals surface area contributed by atoms with Gasteiger partial charge in [0.25, 0.3) is 0 Å². The third kappa shape index (κ3) is 8.23. The summed E-state index contributed by atoms with van der Waals surface area (Å²) in [5.41, 5.74) is 0. The van der Waals surface area contributed by atoms with Gasteiger partial charge in [-0.3, -0.25) is 9.59 Å². The number of rotatable bonds is 7. The maximum absolute atomic E-state index is 11.3. The number of carbonyl (C=O) groups excluding carboxylic acids is 1. The van der Waals surface area contributed by atoms with Crippen molar-refractivity contribution in [3.05, 3.63) is 0 Å². The zero-order valence-corrected chi connectivity index (χ0v) is 10.5. The molecule has 94 valence electrons. The standard InChI is InChI=1S/C11H21NO4/c1-5-6-11(15)16-9(7-10(13)14)8-12(2,3)4/h9H,5-8H2,1-4H3/p+1. The Balaban J connectivity index is 4.31. The first-order valence-corrected chi connectivity index (χ1v) is 5.46. The second-order valence-corrected chi connectivity index (χ2v) is 4.93. The van der Waals surface area contributed by atoms with Crippen LogP contribution in [0.25, 0.3) is 0 Å². The molecule has 5 nitrogen and oxygen atoms in total. The highest BCUT2D eigenvalue weighted by Gasteiger charge is 2.24. The van der Waals surface area contributed by atoms with Gasteiger partial charge in [-0.15, -0.1) is 0 Å². The molecule has 0 saturated carbocycles. The monoisotopic (exact) mass is 232 g/mol. The average molecular weight is 232 g/mol. The van der Waals surface area contributed by atoms with Crippen LogP contribution in [-0.2, 0) is 14.3 Å². The van der Waals surface area contributed by atoms with Crippen molar-refractivity contribution in [2.75, 3.05) is 27.7 Å². The summed E-state index contributed by atoms with van der Waals surface area (Å²) < 4.78 is 5.71. The van der Waals surface area contributed by atoms with E-state index in [4.69, 9.17) is 9.84 Å². The van der Waals surface area contributed by atoms with Crippen molar-refractivity contribution in [3.63, 3.8) is 0 Å². The second kappa shape index (κ2) is 6.48. The fourth-order valence-corrected chi connectivity index (χ4v) is 1.40. The van der Waals surface area contributed by atoms with Crippen LogP contribution in [0.2, 0.25) is 0 Å². The van der Waals surface area contributed by atoms with Crippen LogP contribution >= 0.6 is 0 Å². The van der Waals surface area contributed by atoms with E-state index < -0.39 is 12.1 Å². The number of carbonyl (C=O) groups is 2. The van der Waals surface area contributed by atoms with Gasteiger partial charge in [0.1, 0.15) is 6.54 Å². The zero-order chi connectivity index (χ0) is 12.8. The molecule has 0 heterocycles. The van der Waals surface area contributed by atoms with E-state index in [1.807, 2.05) is 28.1 Å². The lowest BCUT2D eigenvalue weighted by Crippen LogP contribution is -2.43. The lowest BCUT2D eigenvalue weighted by atomic mass is 10.2. The van der Waals surface area contributed by atoms with Crippen LogP contribution in [0, 0.1) is 0 Å². The maximum atomic E-state index is 11.3. The largest absolute Gasteiger partial charge is 0.481 e. The molecule has 0 aromatic rings. The molecule has 0 amide bonds. The molecule has 0 aliphatic carbocycles. The van der Waals surface area contributed by atoms with Crippen LogP contribution in [0.5, 0.6) is 0 Å². The Morgan fingerprint density at radius 3 is 2.25 bits per heavy atom. The highest BCUT2D eigenvalue weighted by molar-refractivity contribution is 5.71. The number of hydrogen-bond donors (Lipinski definition) is 1. The van der Waals surface area contributed by atoms with E-state index in [1.165, 1.54) is 0 Å². The molecule has 0 aliphatic heterocycles. The highest BCUT2D eigenvalue weighted by Crippen LogP contribution is 2.07. The number of carboxylic acids is 1. The molecule has 0 aromatic heterocycles. The quantitative estimate of drug-likeness (QED) is 0.523. The fourth-order valence-electron chi connectivity index (χ4n) is 1.40. The molecule has 0 bridgehead atoms. The Morgan fingerprint density at radius 1 is 1.31 bits per heavy atom. The minimum Gasteiger partial charge on any atom is -0.481 e. The van der Waals surface area contributed by atoms with Crippen LogP contribution in [-0.4, -0.2) is 55.3 Å². The third-order valence-electron chi connectivity index (χ3n) is 1.91. The van der Waals surface area contributed by atoms with Crippen LogP contribution in [0.4, 0.5) is 0 Å². The molecule has 0 rings (SSSR count). The van der Waals surface area contributed by atoms with E-state index in [9.17, 15) is 9.59 Å². The summed E-state index contributed by atoms with van der Waals surface area (Å²) in [6.07, 6.45) is 0.373. The molecular weight excluding hydrogens is 210 g/mol. The Kier molecular flexibility index (Phi) is 6.03. The first kappa shape index (κ1) is 14.9. The molecule has 1 N–H and O–H groups in total. The Morgan fingerprint density at radius 2 is 1.88 bits per heavy atom. The van der Waals surface area contributed by atoms with Gasteiger partial charge in [0.15, 0.2) is 6.10 Å². The lowest BCUT2D eigenvalue weighted by Gasteiger charge is -2.28. The lowest BCUT2D eigenvalue weighted by molar-refractivity contribution is -0.873. The number of ether oxygens (including phenoxy) is 1. The molecule has 0 aromatic carbocycles. The Hall–Kier alpha value is -1.10. The average Bonchev–Trinajstić information content (AvgIpc) is 1.98. The van der Waals surface area contributed by atoms with Gasteiger partial charge in [0.2, 0.25) is 0 Å². The number of aliphatic carboxylic acids is 1. The molecule has 1 unspecified atom stereocenters. The van der Waals surface area contributed by atoms with Crippen molar-refractivity contribution in [2.24, 2.45) is 0 Å². The summed E-state index contributed by atoms with van der Waals surface area (Å²) in [6, 6.07) is 0. The predicted octanol–water partition coefficient (Wildman–Crippen LogP) is 0.879. The topological polar surface area (TPSA) is 63.6 Å². The predicted molar refractivity (Wildman–Crippen MR) is 59.9 cm³/mol. The molecular formula is C11H22NO4+. The van der Waals surface area contributed by atoms with Crippen LogP contribution < -0.4 is 0 Å². The van der Waals surface area contributed by atoms with E-state index in [2.05, 4.69) is 0 Å².